The summed E-state index contributed by atoms with van der Waals surface area (Å²) in [5.41, 5.74) is -0.449. The summed E-state index contributed by atoms with van der Waals surface area (Å²) >= 11 is 0. The van der Waals surface area contributed by atoms with Crippen LogP contribution in [0.1, 0.15) is 10.5 Å². The van der Waals surface area contributed by atoms with Gasteiger partial charge in [0.2, 0.25) is 0 Å². The monoisotopic (exact) mass is 225 g/mol. The largest absolute Gasteiger partial charge is 0.477 e. The molecular weight excluding hydrogens is 218 g/mol. The first-order valence-electron chi connectivity index (χ1n) is 3.89. The highest BCUT2D eigenvalue weighted by Crippen LogP contribution is 2.25. The SMILES string of the molecule is O=C(O)c1cccn1CC(F)(F)C(F)F. The van der Waals surface area contributed by atoms with Crippen molar-refractivity contribution in [1.29, 1.82) is 0 Å². The molecule has 0 spiro atoms. The van der Waals surface area contributed by atoms with Crippen LogP contribution in [0.3, 0.4) is 0 Å². The molecule has 1 aromatic heterocycles. The van der Waals surface area contributed by atoms with Gasteiger partial charge in [-0.1, -0.05) is 0 Å². The Hall–Kier alpha value is -1.53. The summed E-state index contributed by atoms with van der Waals surface area (Å²) in [6.07, 6.45) is -2.80. The van der Waals surface area contributed by atoms with Crippen LogP contribution in [0.2, 0.25) is 0 Å². The average Bonchev–Trinajstić information content (AvgIpc) is 2.51. The first kappa shape index (κ1) is 11.5. The van der Waals surface area contributed by atoms with Crippen molar-refractivity contribution in [2.45, 2.75) is 18.9 Å². The molecule has 0 radical (unpaired) electrons. The second-order valence-electron chi connectivity index (χ2n) is 2.89. The number of carbonyl (C=O) groups is 1. The molecule has 0 aliphatic rings. The molecule has 0 aliphatic carbocycles. The Balaban J connectivity index is 2.90. The third-order valence-electron chi connectivity index (χ3n) is 1.75. The minimum Gasteiger partial charge on any atom is -0.477 e. The molecule has 0 saturated heterocycles. The molecule has 0 atom stereocenters. The van der Waals surface area contributed by atoms with Gasteiger partial charge in [-0.15, -0.1) is 0 Å². The number of rotatable bonds is 4. The third kappa shape index (κ3) is 2.48. The predicted octanol–water partition coefficient (Wildman–Crippen LogP) is 2.09. The van der Waals surface area contributed by atoms with Crippen molar-refractivity contribution < 1.29 is 27.5 Å². The van der Waals surface area contributed by atoms with E-state index in [1.165, 1.54) is 6.07 Å². The van der Waals surface area contributed by atoms with Gasteiger partial charge in [0, 0.05) is 6.20 Å². The van der Waals surface area contributed by atoms with E-state index in [9.17, 15) is 22.4 Å². The minimum atomic E-state index is -4.23. The summed E-state index contributed by atoms with van der Waals surface area (Å²) < 4.78 is 49.4. The van der Waals surface area contributed by atoms with E-state index in [0.29, 0.717) is 4.57 Å². The van der Waals surface area contributed by atoms with E-state index in [0.717, 1.165) is 12.3 Å². The van der Waals surface area contributed by atoms with E-state index in [-0.39, 0.29) is 0 Å². The van der Waals surface area contributed by atoms with Gasteiger partial charge < -0.3 is 9.67 Å². The van der Waals surface area contributed by atoms with Gasteiger partial charge in [-0.05, 0) is 12.1 Å². The van der Waals surface area contributed by atoms with E-state index < -0.39 is 30.6 Å². The van der Waals surface area contributed by atoms with Crippen molar-refractivity contribution in [3.05, 3.63) is 24.0 Å². The zero-order valence-corrected chi connectivity index (χ0v) is 7.33. The molecule has 0 saturated carbocycles. The Morgan fingerprint density at radius 2 is 2.13 bits per heavy atom. The molecule has 1 rings (SSSR count). The summed E-state index contributed by atoms with van der Waals surface area (Å²) in [5.74, 6) is -5.67. The summed E-state index contributed by atoms with van der Waals surface area (Å²) in [5, 5.41) is 8.54. The van der Waals surface area contributed by atoms with Crippen LogP contribution in [-0.4, -0.2) is 28.0 Å². The molecule has 7 heteroatoms. The maximum atomic E-state index is 12.6. The Bertz CT molecular complexity index is 361. The van der Waals surface area contributed by atoms with Crippen molar-refractivity contribution in [3.63, 3.8) is 0 Å². The topological polar surface area (TPSA) is 42.2 Å². The van der Waals surface area contributed by atoms with Crippen LogP contribution in [0.4, 0.5) is 17.6 Å². The highest BCUT2D eigenvalue weighted by Gasteiger charge is 2.41. The second kappa shape index (κ2) is 3.92. The summed E-state index contributed by atoms with van der Waals surface area (Å²) in [7, 11) is 0. The van der Waals surface area contributed by atoms with Gasteiger partial charge in [-0.2, -0.15) is 8.78 Å². The lowest BCUT2D eigenvalue weighted by atomic mass is 10.3. The standard InChI is InChI=1S/C8H7F4NO2/c9-7(10)8(11,12)4-13-3-1-2-5(13)6(14)15/h1-3,7H,4H2,(H,14,15). The second-order valence-corrected chi connectivity index (χ2v) is 2.89. The normalized spacial score (nSPS) is 12.1. The Morgan fingerprint density at radius 1 is 1.53 bits per heavy atom. The molecule has 1 heterocycles. The number of alkyl halides is 4. The number of nitrogens with zero attached hydrogens (tertiary/aromatic N) is 1. The van der Waals surface area contributed by atoms with Crippen molar-refractivity contribution in [1.82, 2.24) is 4.57 Å². The fourth-order valence-electron chi connectivity index (χ4n) is 1.04. The average molecular weight is 225 g/mol. The maximum absolute atomic E-state index is 12.6. The molecule has 0 fully saturated rings. The Labute approximate surface area is 81.9 Å². The molecule has 0 bridgehead atoms. The first-order valence-corrected chi connectivity index (χ1v) is 3.89. The van der Waals surface area contributed by atoms with E-state index in [2.05, 4.69) is 0 Å². The predicted molar refractivity (Wildman–Crippen MR) is 42.3 cm³/mol. The van der Waals surface area contributed by atoms with E-state index in [4.69, 9.17) is 5.11 Å². The number of aromatic nitrogens is 1. The lowest BCUT2D eigenvalue weighted by molar-refractivity contribution is -0.137. The van der Waals surface area contributed by atoms with Crippen LogP contribution < -0.4 is 0 Å². The molecule has 0 amide bonds. The zero-order valence-electron chi connectivity index (χ0n) is 7.33. The van der Waals surface area contributed by atoms with Crippen molar-refractivity contribution >= 4 is 5.97 Å². The van der Waals surface area contributed by atoms with Crippen molar-refractivity contribution in [2.75, 3.05) is 0 Å². The lowest BCUT2D eigenvalue weighted by Crippen LogP contribution is -2.32. The summed E-state index contributed by atoms with van der Waals surface area (Å²) in [4.78, 5) is 10.5. The van der Waals surface area contributed by atoms with E-state index >= 15 is 0 Å². The lowest BCUT2D eigenvalue weighted by Gasteiger charge is -2.16. The van der Waals surface area contributed by atoms with Gasteiger partial charge in [0.15, 0.2) is 0 Å². The number of carboxylic acids is 1. The van der Waals surface area contributed by atoms with Crippen LogP contribution in [-0.2, 0) is 6.54 Å². The molecule has 84 valence electrons. The molecule has 1 aromatic rings. The number of carboxylic acid groups (broad SMARTS) is 1. The molecule has 3 nitrogen and oxygen atoms in total. The Kier molecular flexibility index (Phi) is 3.01. The van der Waals surface area contributed by atoms with Gasteiger partial charge in [0.05, 0.1) is 6.54 Å². The summed E-state index contributed by atoms with van der Waals surface area (Å²) in [6.45, 7) is -1.35. The zero-order chi connectivity index (χ0) is 11.6. The van der Waals surface area contributed by atoms with Crippen LogP contribution in [0, 0.1) is 0 Å². The van der Waals surface area contributed by atoms with Gasteiger partial charge in [-0.25, -0.2) is 13.6 Å². The third-order valence-corrected chi connectivity index (χ3v) is 1.75. The molecule has 0 aromatic carbocycles. The van der Waals surface area contributed by atoms with Gasteiger partial charge in [0.25, 0.3) is 0 Å². The van der Waals surface area contributed by atoms with Gasteiger partial charge >= 0.3 is 18.3 Å². The van der Waals surface area contributed by atoms with Crippen LogP contribution in [0.5, 0.6) is 0 Å². The van der Waals surface area contributed by atoms with Crippen LogP contribution in [0.25, 0.3) is 0 Å². The molecule has 15 heavy (non-hydrogen) atoms. The molecule has 0 aliphatic heterocycles. The smallest absolute Gasteiger partial charge is 0.352 e. The van der Waals surface area contributed by atoms with Gasteiger partial charge in [0.1, 0.15) is 5.69 Å². The Morgan fingerprint density at radius 3 is 2.60 bits per heavy atom. The quantitative estimate of drug-likeness (QED) is 0.797. The van der Waals surface area contributed by atoms with Crippen molar-refractivity contribution in [3.8, 4) is 0 Å². The fraction of sp³-hybridized carbons (Fsp3) is 0.375. The molecule has 0 unspecified atom stereocenters. The number of halogens is 4. The molecule has 1 N–H and O–H groups in total. The van der Waals surface area contributed by atoms with Crippen LogP contribution in [0.15, 0.2) is 18.3 Å². The van der Waals surface area contributed by atoms with E-state index in [1.54, 1.807) is 0 Å². The number of hydrogen-bond donors (Lipinski definition) is 1. The number of aromatic carboxylic acids is 1. The molecular formula is C8H7F4NO2. The minimum absolute atomic E-state index is 0.449. The summed E-state index contributed by atoms with van der Waals surface area (Å²) in [6, 6.07) is 2.26. The highest BCUT2D eigenvalue weighted by atomic mass is 19.3. The first-order chi connectivity index (χ1) is 6.84. The maximum Gasteiger partial charge on any atom is 0.352 e. The highest BCUT2D eigenvalue weighted by molar-refractivity contribution is 5.85. The number of hydrogen-bond acceptors (Lipinski definition) is 1. The fourth-order valence-corrected chi connectivity index (χ4v) is 1.04. The van der Waals surface area contributed by atoms with Gasteiger partial charge in [-0.3, -0.25) is 0 Å². The van der Waals surface area contributed by atoms with Crippen molar-refractivity contribution in [2.24, 2.45) is 0 Å². The van der Waals surface area contributed by atoms with Crippen LogP contribution >= 0.6 is 0 Å². The van der Waals surface area contributed by atoms with E-state index in [1.807, 2.05) is 0 Å².